The molecule has 2 aromatic heterocycles. The zero-order valence-electron chi connectivity index (χ0n) is 15.7. The summed E-state index contributed by atoms with van der Waals surface area (Å²) in [4.78, 5) is 30.0. The average molecular weight is 366 g/mol. The standard InChI is InChI=1S/C21H22N2O4/c1-13-9-10-16(26-13)18-17-19(24)14-7-4-5-8-15(14)27-20(17)21(25)23(18)12-6-11-22(2)3/h4-5,7-10,18H,6,11-12H2,1-3H3. The van der Waals surface area contributed by atoms with E-state index in [0.29, 0.717) is 28.8 Å². The van der Waals surface area contributed by atoms with Crippen LogP contribution in [0.25, 0.3) is 11.0 Å². The minimum absolute atomic E-state index is 0.127. The largest absolute Gasteiger partial charge is 0.464 e. The lowest BCUT2D eigenvalue weighted by atomic mass is 10.0. The number of furan rings is 1. The van der Waals surface area contributed by atoms with Gasteiger partial charge in [-0.1, -0.05) is 12.1 Å². The Labute approximate surface area is 157 Å². The van der Waals surface area contributed by atoms with Gasteiger partial charge in [-0.15, -0.1) is 0 Å². The molecule has 4 rings (SSSR count). The van der Waals surface area contributed by atoms with E-state index in [1.54, 1.807) is 29.2 Å². The van der Waals surface area contributed by atoms with Gasteiger partial charge in [-0.25, -0.2) is 0 Å². The van der Waals surface area contributed by atoms with Gasteiger partial charge in [-0.3, -0.25) is 9.59 Å². The van der Waals surface area contributed by atoms with Gasteiger partial charge in [0.2, 0.25) is 5.76 Å². The Bertz CT molecular complexity index is 1060. The van der Waals surface area contributed by atoms with Crippen molar-refractivity contribution in [2.45, 2.75) is 19.4 Å². The third-order valence-corrected chi connectivity index (χ3v) is 4.91. The van der Waals surface area contributed by atoms with Crippen molar-refractivity contribution >= 4 is 16.9 Å². The molecule has 0 N–H and O–H groups in total. The minimum Gasteiger partial charge on any atom is -0.464 e. The van der Waals surface area contributed by atoms with Gasteiger partial charge in [0, 0.05) is 6.54 Å². The third kappa shape index (κ3) is 2.96. The fourth-order valence-electron chi connectivity index (χ4n) is 3.65. The molecule has 6 nitrogen and oxygen atoms in total. The molecule has 6 heteroatoms. The first-order valence-corrected chi connectivity index (χ1v) is 9.05. The van der Waals surface area contributed by atoms with Crippen molar-refractivity contribution in [2.24, 2.45) is 0 Å². The Kier molecular flexibility index (Phi) is 4.36. The number of amides is 1. The van der Waals surface area contributed by atoms with Gasteiger partial charge in [0.05, 0.1) is 10.9 Å². The molecule has 1 atom stereocenters. The summed E-state index contributed by atoms with van der Waals surface area (Å²) in [7, 11) is 3.98. The molecule has 1 aliphatic rings. The van der Waals surface area contributed by atoms with E-state index in [0.717, 1.165) is 18.7 Å². The van der Waals surface area contributed by atoms with Gasteiger partial charge in [0.15, 0.2) is 5.43 Å². The summed E-state index contributed by atoms with van der Waals surface area (Å²) in [5.74, 6) is 1.20. The van der Waals surface area contributed by atoms with Crippen LogP contribution in [0.3, 0.4) is 0 Å². The quantitative estimate of drug-likeness (QED) is 0.694. The van der Waals surface area contributed by atoms with Crippen LogP contribution in [0.2, 0.25) is 0 Å². The SMILES string of the molecule is Cc1ccc(C2c3c(oc4ccccc4c3=O)C(=O)N2CCCN(C)C)o1. The molecule has 0 spiro atoms. The molecule has 0 bridgehead atoms. The first-order chi connectivity index (χ1) is 13.0. The summed E-state index contributed by atoms with van der Waals surface area (Å²) in [6.07, 6.45) is 0.788. The molecular weight excluding hydrogens is 344 g/mol. The van der Waals surface area contributed by atoms with Crippen molar-refractivity contribution in [3.63, 3.8) is 0 Å². The maximum atomic E-state index is 13.2. The third-order valence-electron chi connectivity index (χ3n) is 4.91. The van der Waals surface area contributed by atoms with E-state index >= 15 is 0 Å². The lowest BCUT2D eigenvalue weighted by Gasteiger charge is -2.23. The summed E-state index contributed by atoms with van der Waals surface area (Å²) in [6, 6.07) is 10.1. The molecule has 1 aliphatic heterocycles. The maximum absolute atomic E-state index is 13.2. The molecule has 0 radical (unpaired) electrons. The second kappa shape index (κ2) is 6.70. The van der Waals surface area contributed by atoms with Crippen LogP contribution < -0.4 is 5.43 Å². The second-order valence-electron chi connectivity index (χ2n) is 7.18. The summed E-state index contributed by atoms with van der Waals surface area (Å²) in [6.45, 7) is 3.20. The van der Waals surface area contributed by atoms with E-state index in [2.05, 4.69) is 4.90 Å². The van der Waals surface area contributed by atoms with Gasteiger partial charge >= 0.3 is 0 Å². The molecule has 3 heterocycles. The highest BCUT2D eigenvalue weighted by atomic mass is 16.4. The normalized spacial score (nSPS) is 16.5. The van der Waals surface area contributed by atoms with Gasteiger partial charge in [-0.2, -0.15) is 0 Å². The van der Waals surface area contributed by atoms with Crippen LogP contribution >= 0.6 is 0 Å². The Hall–Kier alpha value is -2.86. The molecule has 1 amide bonds. The molecule has 1 unspecified atom stereocenters. The number of carbonyl (C=O) groups excluding carboxylic acids is 1. The molecule has 3 aromatic rings. The highest BCUT2D eigenvalue weighted by Gasteiger charge is 2.43. The number of para-hydroxylation sites is 1. The Morgan fingerprint density at radius 3 is 2.56 bits per heavy atom. The first kappa shape index (κ1) is 17.5. The molecule has 0 saturated heterocycles. The first-order valence-electron chi connectivity index (χ1n) is 9.05. The lowest BCUT2D eigenvalue weighted by molar-refractivity contribution is 0.0708. The molecule has 1 aromatic carbocycles. The number of carbonyl (C=O) groups is 1. The fourth-order valence-corrected chi connectivity index (χ4v) is 3.65. The van der Waals surface area contributed by atoms with Gasteiger partial charge < -0.3 is 18.6 Å². The lowest BCUT2D eigenvalue weighted by Crippen LogP contribution is -2.32. The molecule has 0 fully saturated rings. The second-order valence-corrected chi connectivity index (χ2v) is 7.18. The highest BCUT2D eigenvalue weighted by molar-refractivity contribution is 5.98. The van der Waals surface area contributed by atoms with Crippen molar-refractivity contribution in [1.82, 2.24) is 9.80 Å². The molecular formula is C21H22N2O4. The van der Waals surface area contributed by atoms with Gasteiger partial charge in [0.1, 0.15) is 23.1 Å². The highest BCUT2D eigenvalue weighted by Crippen LogP contribution is 2.38. The van der Waals surface area contributed by atoms with Crippen LogP contribution in [-0.4, -0.2) is 42.9 Å². The van der Waals surface area contributed by atoms with Crippen molar-refractivity contribution in [3.8, 4) is 0 Å². The van der Waals surface area contributed by atoms with Crippen LogP contribution in [-0.2, 0) is 0 Å². The minimum atomic E-state index is -0.552. The number of benzene rings is 1. The zero-order chi connectivity index (χ0) is 19.1. The predicted molar refractivity (Wildman–Crippen MR) is 102 cm³/mol. The number of hydrogen-bond donors (Lipinski definition) is 0. The number of fused-ring (bicyclic) bond motifs is 2. The van der Waals surface area contributed by atoms with E-state index in [4.69, 9.17) is 8.83 Å². The van der Waals surface area contributed by atoms with E-state index in [9.17, 15) is 9.59 Å². The molecule has 27 heavy (non-hydrogen) atoms. The predicted octanol–water partition coefficient (Wildman–Crippen LogP) is 3.19. The number of nitrogens with zero attached hydrogens (tertiary/aromatic N) is 2. The number of hydrogen-bond acceptors (Lipinski definition) is 5. The van der Waals surface area contributed by atoms with Crippen molar-refractivity contribution < 1.29 is 13.6 Å². The monoisotopic (exact) mass is 366 g/mol. The van der Waals surface area contributed by atoms with Crippen LogP contribution in [0.5, 0.6) is 0 Å². The van der Waals surface area contributed by atoms with Gasteiger partial charge in [-0.05, 0) is 58.3 Å². The Morgan fingerprint density at radius 2 is 1.85 bits per heavy atom. The number of rotatable bonds is 5. The van der Waals surface area contributed by atoms with Crippen molar-refractivity contribution in [1.29, 1.82) is 0 Å². The summed E-state index contributed by atoms with van der Waals surface area (Å²) in [5, 5.41) is 0.479. The smallest absolute Gasteiger partial charge is 0.291 e. The van der Waals surface area contributed by atoms with Crippen LogP contribution in [0, 0.1) is 6.92 Å². The van der Waals surface area contributed by atoms with Crippen LogP contribution in [0.1, 0.15) is 40.1 Å². The number of aryl methyl sites for hydroxylation is 1. The van der Waals surface area contributed by atoms with Gasteiger partial charge in [0.25, 0.3) is 5.91 Å². The fraction of sp³-hybridized carbons (Fsp3) is 0.333. The Morgan fingerprint density at radius 1 is 1.07 bits per heavy atom. The summed E-state index contributed by atoms with van der Waals surface area (Å²) < 4.78 is 11.7. The summed E-state index contributed by atoms with van der Waals surface area (Å²) in [5.41, 5.74) is 0.631. The maximum Gasteiger partial charge on any atom is 0.291 e. The zero-order valence-corrected chi connectivity index (χ0v) is 15.7. The van der Waals surface area contributed by atoms with E-state index in [-0.39, 0.29) is 17.1 Å². The molecule has 0 saturated carbocycles. The van der Waals surface area contributed by atoms with Crippen LogP contribution in [0.15, 0.2) is 50.0 Å². The average Bonchev–Trinajstić information content (AvgIpc) is 3.18. The van der Waals surface area contributed by atoms with Crippen LogP contribution in [0.4, 0.5) is 0 Å². The van der Waals surface area contributed by atoms with Crippen molar-refractivity contribution in [3.05, 3.63) is 69.5 Å². The topological polar surface area (TPSA) is 66.9 Å². The van der Waals surface area contributed by atoms with E-state index in [1.165, 1.54) is 0 Å². The molecule has 140 valence electrons. The van der Waals surface area contributed by atoms with E-state index < -0.39 is 6.04 Å². The summed E-state index contributed by atoms with van der Waals surface area (Å²) >= 11 is 0. The Balaban J connectivity index is 1.86. The molecule has 0 aliphatic carbocycles. The van der Waals surface area contributed by atoms with Crippen molar-refractivity contribution in [2.75, 3.05) is 27.2 Å². The van der Waals surface area contributed by atoms with E-state index in [1.807, 2.05) is 33.2 Å².